The Morgan fingerprint density at radius 3 is 2.29 bits per heavy atom. The lowest BCUT2D eigenvalue weighted by molar-refractivity contribution is -0.134. The lowest BCUT2D eigenvalue weighted by atomic mass is 10.1. The summed E-state index contributed by atoms with van der Waals surface area (Å²) in [4.78, 5) is 28.1. The molecule has 126 valence electrons. The first-order chi connectivity index (χ1) is 11.6. The second kappa shape index (κ2) is 7.31. The van der Waals surface area contributed by atoms with Crippen LogP contribution in [0.2, 0.25) is 0 Å². The van der Waals surface area contributed by atoms with Crippen LogP contribution in [0.5, 0.6) is 0 Å². The van der Waals surface area contributed by atoms with E-state index in [1.165, 1.54) is 6.26 Å². The summed E-state index contributed by atoms with van der Waals surface area (Å²) in [5.41, 5.74) is 7.11. The highest BCUT2D eigenvalue weighted by atomic mass is 16.3. The van der Waals surface area contributed by atoms with Crippen molar-refractivity contribution in [1.29, 1.82) is 0 Å². The Balaban J connectivity index is 1.52. The molecule has 0 radical (unpaired) electrons. The van der Waals surface area contributed by atoms with Crippen molar-refractivity contribution in [3.05, 3.63) is 60.1 Å². The molecule has 1 atom stereocenters. The largest absolute Gasteiger partial charge is 0.459 e. The molecule has 0 saturated carbocycles. The highest BCUT2D eigenvalue weighted by Crippen LogP contribution is 2.11. The molecule has 6 nitrogen and oxygen atoms in total. The minimum absolute atomic E-state index is 0.0658. The predicted molar refractivity (Wildman–Crippen MR) is 89.3 cm³/mol. The van der Waals surface area contributed by atoms with Gasteiger partial charge in [0.1, 0.15) is 0 Å². The Hall–Kier alpha value is -2.60. The van der Waals surface area contributed by atoms with Gasteiger partial charge in [0.2, 0.25) is 5.91 Å². The summed E-state index contributed by atoms with van der Waals surface area (Å²) in [5, 5.41) is 0. The standard InChI is InChI=1S/C18H21N3O3/c19-15(13-14-5-2-1-3-6-14)17(22)20-8-10-21(11-9-20)18(23)16-7-4-12-24-16/h1-7,12,15H,8-11,13,19H2. The minimum atomic E-state index is -0.556. The average Bonchev–Trinajstić information content (AvgIpc) is 3.16. The molecule has 6 heteroatoms. The van der Waals surface area contributed by atoms with Crippen molar-refractivity contribution in [3.8, 4) is 0 Å². The van der Waals surface area contributed by atoms with Gasteiger partial charge in [0.05, 0.1) is 12.3 Å². The zero-order valence-electron chi connectivity index (χ0n) is 13.4. The predicted octanol–water partition coefficient (Wildman–Crippen LogP) is 1.13. The van der Waals surface area contributed by atoms with E-state index < -0.39 is 6.04 Å². The molecule has 2 heterocycles. The number of hydrogen-bond acceptors (Lipinski definition) is 4. The van der Waals surface area contributed by atoms with Crippen LogP contribution < -0.4 is 5.73 Å². The van der Waals surface area contributed by atoms with Gasteiger partial charge < -0.3 is 20.0 Å². The number of hydrogen-bond donors (Lipinski definition) is 1. The molecule has 3 rings (SSSR count). The average molecular weight is 327 g/mol. The van der Waals surface area contributed by atoms with Crippen LogP contribution in [0.4, 0.5) is 0 Å². The van der Waals surface area contributed by atoms with Crippen LogP contribution in [0.25, 0.3) is 0 Å². The summed E-state index contributed by atoms with van der Waals surface area (Å²) in [6, 6.07) is 12.5. The number of rotatable bonds is 4. The smallest absolute Gasteiger partial charge is 0.289 e. The van der Waals surface area contributed by atoms with Gasteiger partial charge in [0.15, 0.2) is 5.76 Å². The van der Waals surface area contributed by atoms with Crippen LogP contribution >= 0.6 is 0 Å². The maximum absolute atomic E-state index is 12.5. The van der Waals surface area contributed by atoms with Crippen molar-refractivity contribution in [1.82, 2.24) is 9.80 Å². The van der Waals surface area contributed by atoms with Crippen LogP contribution in [0.15, 0.2) is 53.1 Å². The minimum Gasteiger partial charge on any atom is -0.459 e. The van der Waals surface area contributed by atoms with Gasteiger partial charge in [-0.25, -0.2) is 0 Å². The van der Waals surface area contributed by atoms with Gasteiger partial charge >= 0.3 is 0 Å². The van der Waals surface area contributed by atoms with E-state index in [1.807, 2.05) is 30.3 Å². The molecule has 1 saturated heterocycles. The van der Waals surface area contributed by atoms with Gasteiger partial charge in [-0.1, -0.05) is 30.3 Å². The molecule has 1 aromatic carbocycles. The maximum atomic E-state index is 12.5. The van der Waals surface area contributed by atoms with Gasteiger partial charge in [0.25, 0.3) is 5.91 Å². The normalized spacial score (nSPS) is 16.0. The molecule has 0 aliphatic carbocycles. The van der Waals surface area contributed by atoms with E-state index in [0.717, 1.165) is 5.56 Å². The summed E-state index contributed by atoms with van der Waals surface area (Å²) in [7, 11) is 0. The van der Waals surface area contributed by atoms with E-state index >= 15 is 0 Å². The quantitative estimate of drug-likeness (QED) is 0.913. The van der Waals surface area contributed by atoms with E-state index in [1.54, 1.807) is 21.9 Å². The molecule has 2 N–H and O–H groups in total. The first kappa shape index (κ1) is 16.3. The van der Waals surface area contributed by atoms with Crippen molar-refractivity contribution in [2.24, 2.45) is 5.73 Å². The third kappa shape index (κ3) is 3.65. The molecular weight excluding hydrogens is 306 g/mol. The Kier molecular flexibility index (Phi) is 4.96. The maximum Gasteiger partial charge on any atom is 0.289 e. The molecule has 1 aromatic heterocycles. The Bertz CT molecular complexity index is 677. The topological polar surface area (TPSA) is 79.8 Å². The lowest BCUT2D eigenvalue weighted by Crippen LogP contribution is -2.54. The van der Waals surface area contributed by atoms with Crippen LogP contribution in [0, 0.1) is 0 Å². The number of amides is 2. The fraction of sp³-hybridized carbons (Fsp3) is 0.333. The van der Waals surface area contributed by atoms with Crippen molar-refractivity contribution in [2.45, 2.75) is 12.5 Å². The molecule has 2 aromatic rings. The van der Waals surface area contributed by atoms with Crippen LogP contribution in [0.1, 0.15) is 16.1 Å². The second-order valence-electron chi connectivity index (χ2n) is 5.89. The highest BCUT2D eigenvalue weighted by Gasteiger charge is 2.28. The van der Waals surface area contributed by atoms with Gasteiger partial charge in [-0.3, -0.25) is 9.59 Å². The van der Waals surface area contributed by atoms with E-state index in [2.05, 4.69) is 0 Å². The Morgan fingerprint density at radius 2 is 1.67 bits per heavy atom. The van der Waals surface area contributed by atoms with E-state index in [-0.39, 0.29) is 11.8 Å². The van der Waals surface area contributed by atoms with Crippen LogP contribution in [0.3, 0.4) is 0 Å². The van der Waals surface area contributed by atoms with Crippen molar-refractivity contribution >= 4 is 11.8 Å². The van der Waals surface area contributed by atoms with Crippen LogP contribution in [-0.2, 0) is 11.2 Å². The fourth-order valence-corrected chi connectivity index (χ4v) is 2.88. The SMILES string of the molecule is NC(Cc1ccccc1)C(=O)N1CCN(C(=O)c2ccco2)CC1. The third-order valence-corrected chi connectivity index (χ3v) is 4.23. The second-order valence-corrected chi connectivity index (χ2v) is 5.89. The number of carbonyl (C=O) groups excluding carboxylic acids is 2. The summed E-state index contributed by atoms with van der Waals surface area (Å²) in [6.45, 7) is 1.97. The molecule has 1 aliphatic rings. The molecule has 2 amide bonds. The molecule has 24 heavy (non-hydrogen) atoms. The number of nitrogens with zero attached hydrogens (tertiary/aromatic N) is 2. The Labute approximate surface area is 140 Å². The highest BCUT2D eigenvalue weighted by molar-refractivity contribution is 5.91. The summed E-state index contributed by atoms with van der Waals surface area (Å²) >= 11 is 0. The summed E-state index contributed by atoms with van der Waals surface area (Å²) in [6.07, 6.45) is 2.00. The zero-order valence-corrected chi connectivity index (χ0v) is 13.4. The summed E-state index contributed by atoms with van der Waals surface area (Å²) in [5.74, 6) is 0.125. The Morgan fingerprint density at radius 1 is 1.00 bits per heavy atom. The van der Waals surface area contributed by atoms with Crippen molar-refractivity contribution in [3.63, 3.8) is 0 Å². The lowest BCUT2D eigenvalue weighted by Gasteiger charge is -2.35. The monoisotopic (exact) mass is 327 g/mol. The fourth-order valence-electron chi connectivity index (χ4n) is 2.88. The van der Waals surface area contributed by atoms with Crippen molar-refractivity contribution < 1.29 is 14.0 Å². The van der Waals surface area contributed by atoms with Crippen molar-refractivity contribution in [2.75, 3.05) is 26.2 Å². The van der Waals surface area contributed by atoms with Gasteiger partial charge in [-0.05, 0) is 24.1 Å². The van der Waals surface area contributed by atoms with Gasteiger partial charge in [-0.15, -0.1) is 0 Å². The first-order valence-corrected chi connectivity index (χ1v) is 8.06. The van der Waals surface area contributed by atoms with E-state index in [4.69, 9.17) is 10.2 Å². The number of furan rings is 1. The van der Waals surface area contributed by atoms with Gasteiger partial charge in [0, 0.05) is 26.2 Å². The number of carbonyl (C=O) groups is 2. The summed E-state index contributed by atoms with van der Waals surface area (Å²) < 4.78 is 5.14. The molecule has 1 unspecified atom stereocenters. The van der Waals surface area contributed by atoms with E-state index in [0.29, 0.717) is 38.4 Å². The van der Waals surface area contributed by atoms with Crippen LogP contribution in [-0.4, -0.2) is 53.8 Å². The molecular formula is C18H21N3O3. The van der Waals surface area contributed by atoms with E-state index in [9.17, 15) is 9.59 Å². The number of benzene rings is 1. The first-order valence-electron chi connectivity index (χ1n) is 8.06. The molecule has 0 spiro atoms. The molecule has 1 aliphatic heterocycles. The number of nitrogens with two attached hydrogens (primary N) is 1. The zero-order chi connectivity index (χ0) is 16.9. The third-order valence-electron chi connectivity index (χ3n) is 4.23. The molecule has 1 fully saturated rings. The molecule has 0 bridgehead atoms. The number of piperazine rings is 1. The van der Waals surface area contributed by atoms with Gasteiger partial charge in [-0.2, -0.15) is 0 Å².